The van der Waals surface area contributed by atoms with Gasteiger partial charge in [0.2, 0.25) is 5.91 Å². The Balaban J connectivity index is 1.38. The molecule has 1 amide bonds. The molecule has 1 fully saturated rings. The van der Waals surface area contributed by atoms with Crippen molar-refractivity contribution in [3.8, 4) is 5.75 Å². The number of halogens is 1. The Morgan fingerprint density at radius 3 is 2.71 bits per heavy atom. The molecule has 9 heteroatoms. The summed E-state index contributed by atoms with van der Waals surface area (Å²) < 4.78 is 11.7. The lowest BCUT2D eigenvalue weighted by atomic mass is 10.2. The number of amides is 1. The fraction of sp³-hybridized carbons (Fsp3) is 0.462. The second-order valence-electron chi connectivity index (χ2n) is 8.50. The number of thiazole rings is 1. The molecule has 4 rings (SSSR count). The second-order valence-corrected chi connectivity index (χ2v) is 11.1. The molecule has 1 aliphatic rings. The minimum atomic E-state index is 0.130. The van der Waals surface area contributed by atoms with Crippen molar-refractivity contribution >= 4 is 56.0 Å². The van der Waals surface area contributed by atoms with Crippen LogP contribution in [0.2, 0.25) is 5.02 Å². The predicted molar refractivity (Wildman–Crippen MR) is 147 cm³/mol. The number of anilines is 1. The molecule has 1 aromatic heterocycles. The molecule has 0 bridgehead atoms. The van der Waals surface area contributed by atoms with E-state index >= 15 is 0 Å². The van der Waals surface area contributed by atoms with E-state index < -0.39 is 0 Å². The number of ether oxygens (including phenoxy) is 2. The van der Waals surface area contributed by atoms with Gasteiger partial charge < -0.3 is 9.47 Å². The van der Waals surface area contributed by atoms with E-state index in [0.29, 0.717) is 18.0 Å². The van der Waals surface area contributed by atoms with E-state index in [2.05, 4.69) is 17.0 Å². The third-order valence-corrected chi connectivity index (χ3v) is 8.64. The van der Waals surface area contributed by atoms with Crippen molar-refractivity contribution in [3.63, 3.8) is 0 Å². The molecule has 0 radical (unpaired) electrons. The first-order valence-electron chi connectivity index (χ1n) is 12.0. The first-order valence-corrected chi connectivity index (χ1v) is 14.2. The summed E-state index contributed by atoms with van der Waals surface area (Å²) in [5, 5.41) is 1.47. The van der Waals surface area contributed by atoms with Gasteiger partial charge in [-0.15, -0.1) is 11.8 Å². The van der Waals surface area contributed by atoms with Crippen LogP contribution in [0.4, 0.5) is 5.13 Å². The van der Waals surface area contributed by atoms with Crippen LogP contribution in [0.15, 0.2) is 41.3 Å². The summed E-state index contributed by atoms with van der Waals surface area (Å²) in [5.41, 5.74) is 1.85. The Morgan fingerprint density at radius 1 is 1.20 bits per heavy atom. The van der Waals surface area contributed by atoms with Crippen LogP contribution in [0.25, 0.3) is 10.2 Å². The topological polar surface area (TPSA) is 54.9 Å². The Morgan fingerprint density at radius 2 is 1.97 bits per heavy atom. The van der Waals surface area contributed by atoms with Crippen LogP contribution in [0.1, 0.15) is 24.8 Å². The van der Waals surface area contributed by atoms with Crippen LogP contribution in [-0.2, 0) is 9.53 Å². The number of thioether (sulfide) groups is 1. The second kappa shape index (κ2) is 12.9. The maximum atomic E-state index is 13.4. The molecule has 3 aromatic rings. The van der Waals surface area contributed by atoms with Crippen molar-refractivity contribution in [3.05, 3.63) is 47.0 Å². The highest BCUT2D eigenvalue weighted by Gasteiger charge is 2.21. The normalized spacial score (nSPS) is 14.4. The lowest BCUT2D eigenvalue weighted by Gasteiger charge is -2.27. The molecule has 1 aliphatic heterocycles. The molecule has 188 valence electrons. The van der Waals surface area contributed by atoms with Gasteiger partial charge in [0.15, 0.2) is 5.13 Å². The fourth-order valence-corrected chi connectivity index (χ4v) is 6.10. The van der Waals surface area contributed by atoms with Gasteiger partial charge in [-0.25, -0.2) is 4.98 Å². The zero-order valence-corrected chi connectivity index (χ0v) is 22.7. The van der Waals surface area contributed by atoms with Gasteiger partial charge in [-0.2, -0.15) is 0 Å². The maximum Gasteiger partial charge on any atom is 0.228 e. The number of benzene rings is 2. The fourth-order valence-electron chi connectivity index (χ4n) is 4.03. The summed E-state index contributed by atoms with van der Waals surface area (Å²) in [7, 11) is 1.67. The number of nitrogens with zero attached hydrogens (tertiary/aromatic N) is 3. The first-order chi connectivity index (χ1) is 17.0. The molecule has 2 heterocycles. The van der Waals surface area contributed by atoms with Crippen molar-refractivity contribution in [2.75, 3.05) is 57.2 Å². The van der Waals surface area contributed by atoms with Gasteiger partial charge in [0, 0.05) is 42.5 Å². The summed E-state index contributed by atoms with van der Waals surface area (Å²) in [5.74, 6) is 1.86. The molecular weight excluding hydrogens is 502 g/mol. The van der Waals surface area contributed by atoms with Crippen molar-refractivity contribution < 1.29 is 14.3 Å². The number of hydrogen-bond acceptors (Lipinski definition) is 7. The Kier molecular flexibility index (Phi) is 9.68. The lowest BCUT2D eigenvalue weighted by molar-refractivity contribution is -0.118. The van der Waals surface area contributed by atoms with Gasteiger partial charge >= 0.3 is 0 Å². The zero-order chi connectivity index (χ0) is 24.6. The van der Waals surface area contributed by atoms with E-state index in [0.717, 1.165) is 78.1 Å². The average Bonchev–Trinajstić information content (AvgIpc) is 3.32. The van der Waals surface area contributed by atoms with E-state index in [1.165, 1.54) is 4.90 Å². The number of fused-ring (bicyclic) bond motifs is 1. The Bertz CT molecular complexity index is 1120. The average molecular weight is 534 g/mol. The molecule has 0 spiro atoms. The monoisotopic (exact) mass is 533 g/mol. The molecule has 0 saturated carbocycles. The number of morpholine rings is 1. The van der Waals surface area contributed by atoms with Crippen LogP contribution in [0.5, 0.6) is 5.75 Å². The Hall–Kier alpha value is -1.84. The van der Waals surface area contributed by atoms with Crippen molar-refractivity contribution in [1.29, 1.82) is 0 Å². The first kappa shape index (κ1) is 26.2. The van der Waals surface area contributed by atoms with Crippen molar-refractivity contribution in [1.82, 2.24) is 9.88 Å². The van der Waals surface area contributed by atoms with Gasteiger partial charge in [0.25, 0.3) is 0 Å². The summed E-state index contributed by atoms with van der Waals surface area (Å²) in [6, 6.07) is 11.9. The van der Waals surface area contributed by atoms with Crippen LogP contribution in [-0.4, -0.2) is 68.0 Å². The molecule has 0 atom stereocenters. The molecular formula is C26H32ClN3O3S2. The van der Waals surface area contributed by atoms with Crippen LogP contribution in [0, 0.1) is 6.92 Å². The minimum Gasteiger partial charge on any atom is -0.497 e. The highest BCUT2D eigenvalue weighted by Crippen LogP contribution is 2.34. The van der Waals surface area contributed by atoms with E-state index in [4.69, 9.17) is 26.1 Å². The molecule has 35 heavy (non-hydrogen) atoms. The summed E-state index contributed by atoms with van der Waals surface area (Å²) >= 11 is 9.65. The summed E-state index contributed by atoms with van der Waals surface area (Å²) in [6.45, 7) is 7.07. The zero-order valence-electron chi connectivity index (χ0n) is 20.3. The van der Waals surface area contributed by atoms with Gasteiger partial charge in [0.1, 0.15) is 5.75 Å². The Labute approximate surface area is 220 Å². The van der Waals surface area contributed by atoms with E-state index in [9.17, 15) is 4.79 Å². The largest absolute Gasteiger partial charge is 0.497 e. The molecule has 0 N–H and O–H groups in total. The van der Waals surface area contributed by atoms with Crippen LogP contribution < -0.4 is 9.64 Å². The van der Waals surface area contributed by atoms with Gasteiger partial charge in [-0.05, 0) is 67.5 Å². The third-order valence-electron chi connectivity index (χ3n) is 6.09. The maximum absolute atomic E-state index is 13.4. The molecule has 6 nitrogen and oxygen atoms in total. The van der Waals surface area contributed by atoms with Gasteiger partial charge in [0.05, 0.1) is 30.5 Å². The highest BCUT2D eigenvalue weighted by atomic mass is 35.5. The number of methoxy groups -OCH3 is 1. The van der Waals surface area contributed by atoms with Crippen molar-refractivity contribution in [2.45, 2.75) is 31.1 Å². The summed E-state index contributed by atoms with van der Waals surface area (Å²) in [4.78, 5) is 23.7. The van der Waals surface area contributed by atoms with Gasteiger partial charge in [-0.1, -0.05) is 22.9 Å². The highest BCUT2D eigenvalue weighted by molar-refractivity contribution is 7.99. The third kappa shape index (κ3) is 7.11. The number of aryl methyl sites for hydroxylation is 1. The molecule has 0 aliphatic carbocycles. The van der Waals surface area contributed by atoms with Crippen LogP contribution in [0.3, 0.4) is 0 Å². The number of carbonyl (C=O) groups excluding carboxylic acids is 1. The molecule has 1 saturated heterocycles. The quantitative estimate of drug-likeness (QED) is 0.226. The van der Waals surface area contributed by atoms with Gasteiger partial charge in [-0.3, -0.25) is 14.6 Å². The van der Waals surface area contributed by atoms with Crippen LogP contribution >= 0.6 is 34.7 Å². The number of rotatable bonds is 11. The number of hydrogen-bond donors (Lipinski definition) is 0. The van der Waals surface area contributed by atoms with E-state index in [1.54, 1.807) is 30.2 Å². The number of aromatic nitrogens is 1. The lowest BCUT2D eigenvalue weighted by Crippen LogP contribution is -2.39. The van der Waals surface area contributed by atoms with E-state index in [1.807, 2.05) is 36.1 Å². The minimum absolute atomic E-state index is 0.130. The molecule has 0 unspecified atom stereocenters. The SMILES string of the molecule is COc1ccc(SCCCC(=O)N(CCCN2CCOCC2)c2nc3c(C)c(Cl)ccc3s2)cc1. The number of carbonyl (C=O) groups is 1. The smallest absolute Gasteiger partial charge is 0.228 e. The standard InChI is InChI=1S/C26H32ClN3O3S2/c1-19-22(27)10-11-23-25(19)28-26(35-23)30(13-4-12-29-14-16-33-17-15-29)24(31)5-3-18-34-21-8-6-20(32-2)7-9-21/h6-11H,3-5,12-18H2,1-2H3. The predicted octanol–water partition coefficient (Wildman–Crippen LogP) is 5.89. The van der Waals surface area contributed by atoms with E-state index in [-0.39, 0.29) is 5.91 Å². The summed E-state index contributed by atoms with van der Waals surface area (Å²) in [6.07, 6.45) is 2.21. The van der Waals surface area contributed by atoms with Crippen molar-refractivity contribution in [2.24, 2.45) is 0 Å². The molecule has 2 aromatic carbocycles.